The Hall–Kier alpha value is -3.19. The van der Waals surface area contributed by atoms with E-state index in [1.807, 2.05) is 25.9 Å². The van der Waals surface area contributed by atoms with E-state index >= 15 is 0 Å². The number of halogens is 1. The summed E-state index contributed by atoms with van der Waals surface area (Å²) in [6.45, 7) is 3.31. The maximum absolute atomic E-state index is 14.0. The van der Waals surface area contributed by atoms with Gasteiger partial charge in [0, 0.05) is 12.1 Å². The molecule has 1 aliphatic rings. The van der Waals surface area contributed by atoms with Crippen molar-refractivity contribution < 1.29 is 23.8 Å². The molecule has 0 saturated carbocycles. The number of hydrogen-bond acceptors (Lipinski definition) is 5. The highest BCUT2D eigenvalue weighted by molar-refractivity contribution is 6.46. The molecule has 1 aliphatic heterocycles. The third kappa shape index (κ3) is 4.94. The summed E-state index contributed by atoms with van der Waals surface area (Å²) in [6.07, 6.45) is 0.631. The SMILES string of the molecule is CCOc1cccc(/C(O)=C2\C(=O)C(=O)N(CCCN(C)C)C2c2cccc(F)c2)c1. The van der Waals surface area contributed by atoms with Crippen LogP contribution in [0.25, 0.3) is 5.76 Å². The number of Topliss-reactive ketones (excluding diaryl/α,β-unsaturated/α-hetero) is 1. The molecule has 2 aromatic rings. The van der Waals surface area contributed by atoms with Gasteiger partial charge in [0.25, 0.3) is 11.7 Å². The van der Waals surface area contributed by atoms with Gasteiger partial charge in [0.15, 0.2) is 0 Å². The lowest BCUT2D eigenvalue weighted by Crippen LogP contribution is -2.32. The Morgan fingerprint density at radius 3 is 2.58 bits per heavy atom. The average Bonchev–Trinajstić information content (AvgIpc) is 2.98. The van der Waals surface area contributed by atoms with E-state index in [0.29, 0.717) is 36.4 Å². The van der Waals surface area contributed by atoms with Crippen molar-refractivity contribution in [2.45, 2.75) is 19.4 Å². The van der Waals surface area contributed by atoms with E-state index in [1.54, 1.807) is 30.3 Å². The molecule has 6 nitrogen and oxygen atoms in total. The summed E-state index contributed by atoms with van der Waals surface area (Å²) in [5, 5.41) is 11.1. The van der Waals surface area contributed by atoms with Crippen molar-refractivity contribution in [2.24, 2.45) is 0 Å². The Balaban J connectivity index is 2.09. The van der Waals surface area contributed by atoms with Gasteiger partial charge >= 0.3 is 0 Å². The van der Waals surface area contributed by atoms with E-state index in [4.69, 9.17) is 4.74 Å². The van der Waals surface area contributed by atoms with Crippen LogP contribution in [0.2, 0.25) is 0 Å². The number of ether oxygens (including phenoxy) is 1. The van der Waals surface area contributed by atoms with Gasteiger partial charge in [-0.05, 0) is 63.8 Å². The zero-order valence-corrected chi connectivity index (χ0v) is 18.0. The predicted molar refractivity (Wildman–Crippen MR) is 116 cm³/mol. The van der Waals surface area contributed by atoms with Crippen LogP contribution < -0.4 is 4.74 Å². The second kappa shape index (κ2) is 9.75. The van der Waals surface area contributed by atoms with Crippen molar-refractivity contribution in [3.63, 3.8) is 0 Å². The van der Waals surface area contributed by atoms with Crippen molar-refractivity contribution in [1.82, 2.24) is 9.80 Å². The molecule has 2 aromatic carbocycles. The molecule has 1 unspecified atom stereocenters. The largest absolute Gasteiger partial charge is 0.507 e. The van der Waals surface area contributed by atoms with E-state index in [-0.39, 0.29) is 11.3 Å². The Bertz CT molecular complexity index is 1000. The maximum atomic E-state index is 14.0. The number of nitrogens with zero attached hydrogens (tertiary/aromatic N) is 2. The van der Waals surface area contributed by atoms with Gasteiger partial charge in [-0.2, -0.15) is 0 Å². The van der Waals surface area contributed by atoms with Crippen LogP contribution in [0, 0.1) is 5.82 Å². The van der Waals surface area contributed by atoms with Crippen molar-refractivity contribution in [3.05, 3.63) is 71.0 Å². The number of benzene rings is 2. The van der Waals surface area contributed by atoms with E-state index in [2.05, 4.69) is 0 Å². The summed E-state index contributed by atoms with van der Waals surface area (Å²) in [4.78, 5) is 29.2. The molecule has 7 heteroatoms. The molecule has 0 bridgehead atoms. The first-order valence-electron chi connectivity index (χ1n) is 10.2. The molecule has 0 spiro atoms. The molecule has 1 heterocycles. The third-order valence-corrected chi connectivity index (χ3v) is 5.13. The summed E-state index contributed by atoms with van der Waals surface area (Å²) < 4.78 is 19.5. The first-order chi connectivity index (χ1) is 14.8. The summed E-state index contributed by atoms with van der Waals surface area (Å²) in [5.74, 6) is -1.72. The van der Waals surface area contributed by atoms with Crippen molar-refractivity contribution in [3.8, 4) is 5.75 Å². The highest BCUT2D eigenvalue weighted by Gasteiger charge is 2.45. The number of ketones is 1. The second-order valence-electron chi connectivity index (χ2n) is 7.67. The first-order valence-corrected chi connectivity index (χ1v) is 10.2. The highest BCUT2D eigenvalue weighted by Crippen LogP contribution is 2.39. The van der Waals surface area contributed by atoms with Gasteiger partial charge < -0.3 is 19.6 Å². The summed E-state index contributed by atoms with van der Waals surface area (Å²) >= 11 is 0. The minimum Gasteiger partial charge on any atom is -0.507 e. The lowest BCUT2D eigenvalue weighted by molar-refractivity contribution is -0.139. The molecule has 0 aromatic heterocycles. The monoisotopic (exact) mass is 426 g/mol. The molecule has 1 fully saturated rings. The fourth-order valence-electron chi connectivity index (χ4n) is 3.75. The van der Waals surface area contributed by atoms with Crippen molar-refractivity contribution in [1.29, 1.82) is 0 Å². The maximum Gasteiger partial charge on any atom is 0.295 e. The molecule has 3 rings (SSSR count). The van der Waals surface area contributed by atoms with Gasteiger partial charge in [-0.1, -0.05) is 24.3 Å². The number of amides is 1. The predicted octanol–water partition coefficient (Wildman–Crippen LogP) is 3.60. The quantitative estimate of drug-likeness (QED) is 0.397. The fraction of sp³-hybridized carbons (Fsp3) is 0.333. The number of carbonyl (C=O) groups excluding carboxylic acids is 2. The number of rotatable bonds is 8. The van der Waals surface area contributed by atoms with Gasteiger partial charge in [0.2, 0.25) is 0 Å². The van der Waals surface area contributed by atoms with E-state index in [9.17, 15) is 19.1 Å². The standard InChI is InChI=1S/C24H27FN2O4/c1-4-31-19-11-6-9-17(15-19)22(28)20-21(16-8-5-10-18(25)14-16)27(24(30)23(20)29)13-7-12-26(2)3/h5-6,8-11,14-15,21,28H,4,7,12-13H2,1-3H3/b22-20+. The molecule has 164 valence electrons. The Morgan fingerprint density at radius 1 is 1.16 bits per heavy atom. The van der Waals surface area contributed by atoms with Crippen molar-refractivity contribution in [2.75, 3.05) is 33.8 Å². The number of likely N-dealkylation sites (tertiary alicyclic amines) is 1. The molecule has 0 radical (unpaired) electrons. The molecule has 1 N–H and O–H groups in total. The van der Waals surface area contributed by atoms with Crippen LogP contribution >= 0.6 is 0 Å². The third-order valence-electron chi connectivity index (χ3n) is 5.13. The zero-order valence-electron chi connectivity index (χ0n) is 18.0. The van der Waals surface area contributed by atoms with Crippen LogP contribution in [0.3, 0.4) is 0 Å². The molecule has 1 amide bonds. The highest BCUT2D eigenvalue weighted by atomic mass is 19.1. The van der Waals surface area contributed by atoms with E-state index < -0.39 is 23.5 Å². The van der Waals surface area contributed by atoms with Gasteiger partial charge in [0.05, 0.1) is 18.2 Å². The van der Waals surface area contributed by atoms with Gasteiger partial charge in [-0.25, -0.2) is 4.39 Å². The minimum atomic E-state index is -0.867. The lowest BCUT2D eigenvalue weighted by atomic mass is 9.95. The fourth-order valence-corrected chi connectivity index (χ4v) is 3.75. The molecule has 1 saturated heterocycles. The lowest BCUT2D eigenvalue weighted by Gasteiger charge is -2.26. The van der Waals surface area contributed by atoms with Crippen LogP contribution in [-0.4, -0.2) is 60.4 Å². The topological polar surface area (TPSA) is 70.1 Å². The van der Waals surface area contributed by atoms with Gasteiger partial charge in [-0.3, -0.25) is 9.59 Å². The van der Waals surface area contributed by atoms with Gasteiger partial charge in [-0.15, -0.1) is 0 Å². The molecule has 31 heavy (non-hydrogen) atoms. The van der Waals surface area contributed by atoms with Crippen LogP contribution in [-0.2, 0) is 9.59 Å². The second-order valence-corrected chi connectivity index (χ2v) is 7.67. The summed E-state index contributed by atoms with van der Waals surface area (Å²) in [6, 6.07) is 11.6. The minimum absolute atomic E-state index is 0.0471. The first kappa shape index (κ1) is 22.5. The smallest absolute Gasteiger partial charge is 0.295 e. The van der Waals surface area contributed by atoms with Crippen LogP contribution in [0.15, 0.2) is 54.1 Å². The summed E-state index contributed by atoms with van der Waals surface area (Å²) in [5.41, 5.74) is 0.749. The van der Waals surface area contributed by atoms with E-state index in [1.165, 1.54) is 23.1 Å². The Labute approximate surface area is 181 Å². The molecule has 1 atom stereocenters. The molecule has 0 aliphatic carbocycles. The normalized spacial score (nSPS) is 18.1. The van der Waals surface area contributed by atoms with E-state index in [0.717, 1.165) is 6.54 Å². The molecular weight excluding hydrogens is 399 g/mol. The molecular formula is C24H27FN2O4. The summed E-state index contributed by atoms with van der Waals surface area (Å²) in [7, 11) is 3.84. The number of aliphatic hydroxyl groups is 1. The Morgan fingerprint density at radius 2 is 1.90 bits per heavy atom. The number of carbonyl (C=O) groups is 2. The van der Waals surface area contributed by atoms with Crippen LogP contribution in [0.4, 0.5) is 4.39 Å². The van der Waals surface area contributed by atoms with Crippen LogP contribution in [0.1, 0.15) is 30.5 Å². The Kier molecular flexibility index (Phi) is 7.07. The van der Waals surface area contributed by atoms with Gasteiger partial charge in [0.1, 0.15) is 17.3 Å². The zero-order chi connectivity index (χ0) is 22.5. The number of aliphatic hydroxyl groups excluding tert-OH is 1. The van der Waals surface area contributed by atoms with Crippen LogP contribution in [0.5, 0.6) is 5.75 Å². The number of hydrogen-bond donors (Lipinski definition) is 1. The van der Waals surface area contributed by atoms with Crippen molar-refractivity contribution >= 4 is 17.4 Å². The average molecular weight is 426 g/mol.